The van der Waals surface area contributed by atoms with Crippen molar-refractivity contribution in [1.29, 1.82) is 0 Å². The van der Waals surface area contributed by atoms with Crippen LogP contribution < -0.4 is 16.0 Å². The first-order chi connectivity index (χ1) is 12.9. The summed E-state index contributed by atoms with van der Waals surface area (Å²) in [6.45, 7) is 2.39. The van der Waals surface area contributed by atoms with Crippen LogP contribution in [0.2, 0.25) is 5.02 Å². The Balaban J connectivity index is 1.74. The van der Waals surface area contributed by atoms with Gasteiger partial charge in [0.25, 0.3) is 0 Å². The van der Waals surface area contributed by atoms with E-state index in [1.54, 1.807) is 4.90 Å². The number of fused-ring (bicyclic) bond motifs is 1. The number of carbonyl (C=O) groups excluding carboxylic acids is 2. The van der Waals surface area contributed by atoms with E-state index in [0.29, 0.717) is 37.3 Å². The standard InChI is InChI=1S/C21H24ClN3O2/c1-14(23)2-10-20(26)24-18-8-9-19-16(12-18)5-11-21(27)25(19)13-15-3-6-17(22)7-4-15/h3-4,6-9,12,14H,2,5,10-11,13,23H2,1H3,(H,24,26). The van der Waals surface area contributed by atoms with E-state index in [4.69, 9.17) is 17.3 Å². The Morgan fingerprint density at radius 2 is 1.96 bits per heavy atom. The van der Waals surface area contributed by atoms with E-state index in [1.165, 1.54) is 0 Å². The summed E-state index contributed by atoms with van der Waals surface area (Å²) in [5.74, 6) is 0.0586. The first-order valence-corrected chi connectivity index (χ1v) is 9.53. The van der Waals surface area contributed by atoms with Crippen molar-refractivity contribution in [3.63, 3.8) is 0 Å². The lowest BCUT2D eigenvalue weighted by molar-refractivity contribution is -0.119. The highest BCUT2D eigenvalue weighted by molar-refractivity contribution is 6.30. The van der Waals surface area contributed by atoms with E-state index in [9.17, 15) is 9.59 Å². The number of amides is 2. The van der Waals surface area contributed by atoms with Gasteiger partial charge in [0, 0.05) is 35.3 Å². The van der Waals surface area contributed by atoms with E-state index in [1.807, 2.05) is 49.4 Å². The molecule has 6 heteroatoms. The van der Waals surface area contributed by atoms with Crippen LogP contribution in [0.25, 0.3) is 0 Å². The molecule has 5 nitrogen and oxygen atoms in total. The van der Waals surface area contributed by atoms with Gasteiger partial charge in [-0.3, -0.25) is 9.59 Å². The summed E-state index contributed by atoms with van der Waals surface area (Å²) in [5.41, 5.74) is 9.44. The number of anilines is 2. The SMILES string of the molecule is CC(N)CCC(=O)Nc1ccc2c(c1)CCC(=O)N2Cc1ccc(Cl)cc1. The van der Waals surface area contributed by atoms with Crippen molar-refractivity contribution >= 4 is 34.8 Å². The second-order valence-electron chi connectivity index (χ2n) is 7.01. The Labute approximate surface area is 164 Å². The molecule has 3 rings (SSSR count). The third-order valence-electron chi connectivity index (χ3n) is 4.64. The summed E-state index contributed by atoms with van der Waals surface area (Å²) in [4.78, 5) is 26.3. The molecular weight excluding hydrogens is 362 g/mol. The first-order valence-electron chi connectivity index (χ1n) is 9.15. The third-order valence-corrected chi connectivity index (χ3v) is 4.90. The van der Waals surface area contributed by atoms with Gasteiger partial charge in [0.2, 0.25) is 11.8 Å². The molecule has 1 heterocycles. The lowest BCUT2D eigenvalue weighted by Crippen LogP contribution is -2.34. The number of rotatable bonds is 6. The number of nitrogens with zero attached hydrogens (tertiary/aromatic N) is 1. The molecule has 3 N–H and O–H groups in total. The molecule has 1 unspecified atom stereocenters. The number of aryl methyl sites for hydroxylation is 1. The first kappa shape index (κ1) is 19.4. The van der Waals surface area contributed by atoms with Crippen molar-refractivity contribution in [2.75, 3.05) is 10.2 Å². The van der Waals surface area contributed by atoms with E-state index in [0.717, 1.165) is 22.5 Å². The van der Waals surface area contributed by atoms with E-state index >= 15 is 0 Å². The molecule has 1 aliphatic rings. The molecule has 1 aliphatic heterocycles. The van der Waals surface area contributed by atoms with Crippen molar-refractivity contribution in [2.24, 2.45) is 5.73 Å². The maximum Gasteiger partial charge on any atom is 0.227 e. The van der Waals surface area contributed by atoms with E-state index in [-0.39, 0.29) is 17.9 Å². The molecule has 2 aromatic rings. The van der Waals surface area contributed by atoms with Gasteiger partial charge in [0.05, 0.1) is 6.54 Å². The number of carbonyl (C=O) groups is 2. The highest BCUT2D eigenvalue weighted by Crippen LogP contribution is 2.31. The molecular formula is C21H24ClN3O2. The molecule has 0 aliphatic carbocycles. The van der Waals surface area contributed by atoms with Gasteiger partial charge in [-0.15, -0.1) is 0 Å². The molecule has 1 atom stereocenters. The van der Waals surface area contributed by atoms with Gasteiger partial charge in [0.1, 0.15) is 0 Å². The van der Waals surface area contributed by atoms with Gasteiger partial charge in [-0.05, 0) is 61.2 Å². The monoisotopic (exact) mass is 385 g/mol. The van der Waals surface area contributed by atoms with Crippen LogP contribution in [-0.4, -0.2) is 17.9 Å². The zero-order chi connectivity index (χ0) is 19.4. The highest BCUT2D eigenvalue weighted by atomic mass is 35.5. The molecule has 2 aromatic carbocycles. The van der Waals surface area contributed by atoms with Crippen LogP contribution in [0.1, 0.15) is 37.3 Å². The lowest BCUT2D eigenvalue weighted by atomic mass is 9.99. The van der Waals surface area contributed by atoms with Crippen molar-refractivity contribution < 1.29 is 9.59 Å². The van der Waals surface area contributed by atoms with Crippen LogP contribution in [0, 0.1) is 0 Å². The largest absolute Gasteiger partial charge is 0.328 e. The number of nitrogens with one attached hydrogen (secondary N) is 1. The van der Waals surface area contributed by atoms with Crippen LogP contribution >= 0.6 is 11.6 Å². The minimum absolute atomic E-state index is 0.00622. The Hall–Kier alpha value is -2.37. The van der Waals surface area contributed by atoms with Gasteiger partial charge in [-0.2, -0.15) is 0 Å². The predicted octanol–water partition coefficient (Wildman–Crippen LogP) is 3.89. The predicted molar refractivity (Wildman–Crippen MR) is 109 cm³/mol. The van der Waals surface area contributed by atoms with Crippen LogP contribution in [0.15, 0.2) is 42.5 Å². The van der Waals surface area contributed by atoms with Gasteiger partial charge in [-0.25, -0.2) is 0 Å². The number of halogens is 1. The van der Waals surface area contributed by atoms with Crippen LogP contribution in [-0.2, 0) is 22.6 Å². The van der Waals surface area contributed by atoms with Crippen molar-refractivity contribution in [3.05, 3.63) is 58.6 Å². The molecule has 142 valence electrons. The van der Waals surface area contributed by atoms with Gasteiger partial charge in [-0.1, -0.05) is 23.7 Å². The van der Waals surface area contributed by atoms with Crippen molar-refractivity contribution in [1.82, 2.24) is 0 Å². The van der Waals surface area contributed by atoms with Crippen molar-refractivity contribution in [2.45, 2.75) is 45.2 Å². The average molecular weight is 386 g/mol. The summed E-state index contributed by atoms with van der Waals surface area (Å²) in [5, 5.41) is 3.59. The summed E-state index contributed by atoms with van der Waals surface area (Å²) in [6.07, 6.45) is 2.19. The molecule has 0 fully saturated rings. The van der Waals surface area contributed by atoms with Crippen LogP contribution in [0.3, 0.4) is 0 Å². The topological polar surface area (TPSA) is 75.4 Å². The quantitative estimate of drug-likeness (QED) is 0.792. The second-order valence-corrected chi connectivity index (χ2v) is 7.45. The Morgan fingerprint density at radius 1 is 1.22 bits per heavy atom. The number of benzene rings is 2. The van der Waals surface area contributed by atoms with Gasteiger partial charge < -0.3 is 16.0 Å². The molecule has 0 radical (unpaired) electrons. The fourth-order valence-electron chi connectivity index (χ4n) is 3.17. The zero-order valence-corrected chi connectivity index (χ0v) is 16.1. The summed E-state index contributed by atoms with van der Waals surface area (Å²) < 4.78 is 0. The van der Waals surface area contributed by atoms with Gasteiger partial charge in [0.15, 0.2) is 0 Å². The minimum atomic E-state index is -0.0443. The molecule has 0 saturated carbocycles. The summed E-state index contributed by atoms with van der Waals surface area (Å²) >= 11 is 5.94. The summed E-state index contributed by atoms with van der Waals surface area (Å²) in [6, 6.07) is 13.2. The fourth-order valence-corrected chi connectivity index (χ4v) is 3.29. The van der Waals surface area contributed by atoms with E-state index in [2.05, 4.69) is 5.32 Å². The lowest BCUT2D eigenvalue weighted by Gasteiger charge is -2.30. The normalized spacial score (nSPS) is 14.6. The highest BCUT2D eigenvalue weighted by Gasteiger charge is 2.24. The number of hydrogen-bond donors (Lipinski definition) is 2. The third kappa shape index (κ3) is 5.08. The van der Waals surface area contributed by atoms with Gasteiger partial charge >= 0.3 is 0 Å². The minimum Gasteiger partial charge on any atom is -0.328 e. The van der Waals surface area contributed by atoms with E-state index < -0.39 is 0 Å². The van der Waals surface area contributed by atoms with Crippen LogP contribution in [0.4, 0.5) is 11.4 Å². The number of hydrogen-bond acceptors (Lipinski definition) is 3. The van der Waals surface area contributed by atoms with Crippen LogP contribution in [0.5, 0.6) is 0 Å². The Kier molecular flexibility index (Phi) is 6.14. The Bertz CT molecular complexity index is 834. The summed E-state index contributed by atoms with van der Waals surface area (Å²) in [7, 11) is 0. The fraction of sp³-hybridized carbons (Fsp3) is 0.333. The maximum absolute atomic E-state index is 12.5. The molecule has 0 spiro atoms. The molecule has 0 bridgehead atoms. The van der Waals surface area contributed by atoms with Crippen molar-refractivity contribution in [3.8, 4) is 0 Å². The maximum atomic E-state index is 12.5. The average Bonchev–Trinajstić information content (AvgIpc) is 2.64. The number of nitrogens with two attached hydrogens (primary N) is 1. The Morgan fingerprint density at radius 3 is 2.67 bits per heavy atom. The molecule has 27 heavy (non-hydrogen) atoms. The zero-order valence-electron chi connectivity index (χ0n) is 15.4. The molecule has 0 saturated heterocycles. The molecule has 0 aromatic heterocycles. The molecule has 2 amide bonds. The smallest absolute Gasteiger partial charge is 0.227 e. The second kappa shape index (κ2) is 8.55.